The lowest BCUT2D eigenvalue weighted by Gasteiger charge is -2.51. The average Bonchev–Trinajstić information content (AvgIpc) is 1.03. The molecule has 446 valence electrons. The number of fused-ring (bicyclic) bond motifs is 13. The molecule has 4 atom stereocenters. The molecule has 4 nitrogen and oxygen atoms in total. The Kier molecular flexibility index (Phi) is 12.1. The van der Waals surface area contributed by atoms with Crippen molar-refractivity contribution in [3.63, 3.8) is 0 Å². The van der Waals surface area contributed by atoms with E-state index < -0.39 is 0 Å². The van der Waals surface area contributed by atoms with E-state index in [4.69, 9.17) is 0 Å². The third-order valence-corrected chi connectivity index (χ3v) is 24.6. The van der Waals surface area contributed by atoms with Gasteiger partial charge in [0, 0.05) is 82.1 Å². The lowest BCUT2D eigenvalue weighted by atomic mass is 9.33. The Bertz CT molecular complexity index is 4760. The molecule has 5 heterocycles. The first-order valence-electron chi connectivity index (χ1n) is 33.4. The maximum atomic E-state index is 2.84. The average molecular weight is 1190 g/mol. The van der Waals surface area contributed by atoms with Crippen LogP contribution in [0.5, 0.6) is 0 Å². The van der Waals surface area contributed by atoms with Crippen LogP contribution in [-0.2, 0) is 21.7 Å². The van der Waals surface area contributed by atoms with Crippen molar-refractivity contribution in [2.45, 2.75) is 153 Å². The van der Waals surface area contributed by atoms with Crippen molar-refractivity contribution < 1.29 is 0 Å². The Morgan fingerprint density at radius 2 is 0.900 bits per heavy atom. The van der Waals surface area contributed by atoms with Crippen molar-refractivity contribution >= 4 is 111 Å². The van der Waals surface area contributed by atoms with Crippen molar-refractivity contribution in [2.24, 2.45) is 0 Å². The highest BCUT2D eigenvalue weighted by molar-refractivity contribution is 7.26. The van der Waals surface area contributed by atoms with Gasteiger partial charge in [-0.25, -0.2) is 0 Å². The highest BCUT2D eigenvalue weighted by Gasteiger charge is 2.60. The summed E-state index contributed by atoms with van der Waals surface area (Å²) in [6, 6.07) is 83.5. The molecule has 1 aromatic heterocycles. The third kappa shape index (κ3) is 7.79. The summed E-state index contributed by atoms with van der Waals surface area (Å²) in [5.74, 6) is 0. The van der Waals surface area contributed by atoms with Crippen LogP contribution in [0.15, 0.2) is 212 Å². The smallest absolute Gasteiger partial charge is 0.252 e. The van der Waals surface area contributed by atoms with E-state index in [2.05, 4.69) is 301 Å². The molecule has 10 aromatic carbocycles. The lowest BCUT2D eigenvalue weighted by molar-refractivity contribution is 0.195. The van der Waals surface area contributed by atoms with E-state index in [0.29, 0.717) is 0 Å². The number of nitrogens with zero attached hydrogens (tertiary/aromatic N) is 4. The molecule has 0 amide bonds. The summed E-state index contributed by atoms with van der Waals surface area (Å²) in [5.41, 5.74) is 26.6. The number of anilines is 10. The Labute approximate surface area is 537 Å². The number of hydrogen-bond acceptors (Lipinski definition) is 5. The van der Waals surface area contributed by atoms with Gasteiger partial charge in [0.1, 0.15) is 0 Å². The van der Waals surface area contributed by atoms with Crippen LogP contribution >= 0.6 is 11.3 Å². The molecule has 4 unspecified atom stereocenters. The number of rotatable bonds is 6. The minimum atomic E-state index is -0.185. The van der Waals surface area contributed by atoms with E-state index in [1.54, 1.807) is 0 Å². The molecule has 2 fully saturated rings. The quantitative estimate of drug-likeness (QED) is 0.154. The van der Waals surface area contributed by atoms with Crippen LogP contribution in [0.1, 0.15) is 143 Å². The summed E-state index contributed by atoms with van der Waals surface area (Å²) in [6.07, 6.45) is 9.41. The predicted octanol–water partition coefficient (Wildman–Crippen LogP) is 21.6. The maximum Gasteiger partial charge on any atom is 0.252 e. The van der Waals surface area contributed by atoms with Crippen LogP contribution in [0.25, 0.3) is 42.4 Å². The summed E-state index contributed by atoms with van der Waals surface area (Å²) in [6.45, 7) is 24.5. The fourth-order valence-corrected chi connectivity index (χ4v) is 19.4. The largest absolute Gasteiger partial charge is 0.334 e. The first-order chi connectivity index (χ1) is 43.4. The van der Waals surface area contributed by atoms with E-state index in [1.165, 1.54) is 164 Å². The zero-order valence-corrected chi connectivity index (χ0v) is 55.0. The minimum absolute atomic E-state index is 0.0470. The minimum Gasteiger partial charge on any atom is -0.334 e. The topological polar surface area (TPSA) is 13.0 Å². The standard InChI is InChI=1S/C84H81BN4S/c1-79(2,3)57-38-43-67(62(49-57)55-28-15-12-16-29-55)86-72-51-59(88-69-42-36-56(54-26-13-11-14-27-54)48-64(69)82(8)45-22-24-47-84(82,88)10)39-41-66(72)85-65-40-37-58(80(4,5)6)50-71(65)87(70-33-25-35-76-77(70)61-30-17-20-34-75(61)90-76)74-53-60(52-73(86)78(74)85)89-68-32-19-18-31-63(68)81(7)44-21-23-46-83(81,89)9/h11-20,25-43,48-53H,21-24,44-47H2,1-10H3. The molecule has 11 aromatic rings. The van der Waals surface area contributed by atoms with E-state index >= 15 is 0 Å². The highest BCUT2D eigenvalue weighted by atomic mass is 32.1. The van der Waals surface area contributed by atoms with Crippen molar-refractivity contribution in [1.29, 1.82) is 0 Å². The van der Waals surface area contributed by atoms with Crippen LogP contribution in [0.3, 0.4) is 0 Å². The predicted molar refractivity (Wildman–Crippen MR) is 387 cm³/mol. The molecule has 0 N–H and O–H groups in total. The summed E-state index contributed by atoms with van der Waals surface area (Å²) in [7, 11) is 0. The van der Waals surface area contributed by atoms with Gasteiger partial charge < -0.3 is 19.6 Å². The normalized spacial score (nSPS) is 22.3. The Balaban J connectivity index is 1.01. The van der Waals surface area contributed by atoms with Gasteiger partial charge in [0.05, 0.1) is 22.5 Å². The van der Waals surface area contributed by atoms with Gasteiger partial charge >= 0.3 is 0 Å². The van der Waals surface area contributed by atoms with E-state index in [-0.39, 0.29) is 39.5 Å². The molecule has 0 saturated heterocycles. The molecule has 6 aliphatic rings. The first kappa shape index (κ1) is 55.7. The molecule has 0 radical (unpaired) electrons. The van der Waals surface area contributed by atoms with Gasteiger partial charge in [-0.3, -0.25) is 0 Å². The van der Waals surface area contributed by atoms with Gasteiger partial charge in [-0.15, -0.1) is 11.3 Å². The molecular formula is C84H81BN4S. The number of benzene rings is 10. The van der Waals surface area contributed by atoms with Gasteiger partial charge in [0.2, 0.25) is 0 Å². The van der Waals surface area contributed by atoms with Gasteiger partial charge in [-0.05, 0) is 185 Å². The summed E-state index contributed by atoms with van der Waals surface area (Å²) in [5, 5.41) is 2.62. The Hall–Kier alpha value is -8.32. The number of para-hydroxylation sites is 1. The molecule has 4 aliphatic heterocycles. The first-order valence-corrected chi connectivity index (χ1v) is 34.3. The second-order valence-corrected chi connectivity index (χ2v) is 31.4. The van der Waals surface area contributed by atoms with Crippen LogP contribution < -0.4 is 36.0 Å². The summed E-state index contributed by atoms with van der Waals surface area (Å²) >= 11 is 1.91. The fraction of sp³-hybridized carbons (Fsp3) is 0.286. The molecule has 90 heavy (non-hydrogen) atoms. The molecule has 6 heteroatoms. The second-order valence-electron chi connectivity index (χ2n) is 30.3. The van der Waals surface area contributed by atoms with Gasteiger partial charge in [0.25, 0.3) is 6.71 Å². The zero-order valence-electron chi connectivity index (χ0n) is 54.1. The van der Waals surface area contributed by atoms with Crippen molar-refractivity contribution in [3.05, 3.63) is 235 Å². The van der Waals surface area contributed by atoms with E-state index in [1.807, 2.05) is 11.3 Å². The third-order valence-electron chi connectivity index (χ3n) is 23.5. The Morgan fingerprint density at radius 1 is 0.378 bits per heavy atom. The van der Waals surface area contributed by atoms with Gasteiger partial charge in [-0.1, -0.05) is 215 Å². The van der Waals surface area contributed by atoms with Gasteiger partial charge in [-0.2, -0.15) is 0 Å². The molecule has 0 spiro atoms. The van der Waals surface area contributed by atoms with Crippen LogP contribution in [0.4, 0.5) is 56.9 Å². The monoisotopic (exact) mass is 1190 g/mol. The van der Waals surface area contributed by atoms with E-state index in [0.717, 1.165) is 25.7 Å². The van der Waals surface area contributed by atoms with Crippen molar-refractivity contribution in [2.75, 3.05) is 19.6 Å². The van der Waals surface area contributed by atoms with Crippen LogP contribution in [0, 0.1) is 0 Å². The van der Waals surface area contributed by atoms with Gasteiger partial charge in [0.15, 0.2) is 0 Å². The number of thiophene rings is 1. The molecule has 2 saturated carbocycles. The summed E-state index contributed by atoms with van der Waals surface area (Å²) in [4.78, 5) is 11.2. The lowest BCUT2D eigenvalue weighted by Crippen LogP contribution is -2.62. The molecule has 2 aliphatic carbocycles. The Morgan fingerprint density at radius 3 is 1.61 bits per heavy atom. The summed E-state index contributed by atoms with van der Waals surface area (Å²) < 4.78 is 2.62. The van der Waals surface area contributed by atoms with Crippen molar-refractivity contribution in [1.82, 2.24) is 0 Å². The highest BCUT2D eigenvalue weighted by Crippen LogP contribution is 2.64. The van der Waals surface area contributed by atoms with Crippen LogP contribution in [0.2, 0.25) is 0 Å². The second kappa shape index (κ2) is 19.6. The fourth-order valence-electron chi connectivity index (χ4n) is 18.3. The molecule has 0 bridgehead atoms. The molecular weight excluding hydrogens is 1110 g/mol. The molecule has 17 rings (SSSR count). The van der Waals surface area contributed by atoms with E-state index in [9.17, 15) is 0 Å². The SMILES string of the molecule is CC(C)(C)c1ccc(N2c3cc(N4c5ccc(-c6ccccc6)cc5C5(C)CCCCC45C)ccc3B3c4ccc(C(C)(C)C)cc4N(c4cccc5sc6ccccc6c45)c4cc(N5c6ccccc6C6(C)CCCCC56C)cc2c43)c(-c2ccccc2)c1. The zero-order chi connectivity index (χ0) is 61.4. The maximum absolute atomic E-state index is 2.84. The number of hydrogen-bond donors (Lipinski definition) is 0. The van der Waals surface area contributed by atoms with Crippen molar-refractivity contribution in [3.8, 4) is 22.3 Å². The van der Waals surface area contributed by atoms with Crippen LogP contribution in [-0.4, -0.2) is 17.8 Å².